The van der Waals surface area contributed by atoms with E-state index in [9.17, 15) is 9.18 Å². The van der Waals surface area contributed by atoms with E-state index in [-0.39, 0.29) is 5.82 Å². The van der Waals surface area contributed by atoms with E-state index in [0.717, 1.165) is 0 Å². The molecule has 0 aromatic heterocycles. The van der Waals surface area contributed by atoms with Gasteiger partial charge in [-0.2, -0.15) is 0 Å². The lowest BCUT2D eigenvalue weighted by Gasteiger charge is -1.93. The largest absolute Gasteiger partial charge is 0.291 e. The molecule has 0 aliphatic carbocycles. The minimum absolute atomic E-state index is 0.338. The highest BCUT2D eigenvalue weighted by Gasteiger charge is 1.92. The normalized spacial score (nSPS) is 10.3. The molecule has 0 spiro atoms. The molecule has 0 unspecified atom stereocenters. The molecule has 1 aromatic carbocycles. The van der Waals surface area contributed by atoms with Crippen LogP contribution in [0.5, 0.6) is 0 Å². The molecule has 0 aliphatic rings. The number of halogens is 1. The maximum atomic E-state index is 12.6. The quantitative estimate of drug-likeness (QED) is 0.306. The van der Waals surface area contributed by atoms with Gasteiger partial charge in [-0.3, -0.25) is 10.2 Å². The number of hydrogen-bond acceptors (Lipinski definition) is 2. The number of nitrogens with one attached hydrogen (secondary N) is 1. The van der Waals surface area contributed by atoms with Crippen molar-refractivity contribution < 1.29 is 9.18 Å². The van der Waals surface area contributed by atoms with Gasteiger partial charge in [0.2, 0.25) is 0 Å². The average molecular weight is 180 g/mol. The number of carbonyl (C=O) groups is 1. The summed E-state index contributed by atoms with van der Waals surface area (Å²) in [5, 5.41) is 0. The summed E-state index contributed by atoms with van der Waals surface area (Å²) < 4.78 is 12.6. The second-order valence-corrected chi connectivity index (χ2v) is 2.40. The van der Waals surface area contributed by atoms with Gasteiger partial charge in [-0.25, -0.2) is 10.2 Å². The lowest BCUT2D eigenvalue weighted by molar-refractivity contribution is -0.116. The summed E-state index contributed by atoms with van der Waals surface area (Å²) in [5.41, 5.74) is 2.54. The predicted molar refractivity (Wildman–Crippen MR) is 47.8 cm³/mol. The minimum Gasteiger partial charge on any atom is -0.291 e. The molecule has 0 fully saturated rings. The molecule has 68 valence electrons. The van der Waals surface area contributed by atoms with Crippen LogP contribution in [0.4, 0.5) is 4.39 Å². The number of amides is 1. The fourth-order valence-corrected chi connectivity index (χ4v) is 0.830. The van der Waals surface area contributed by atoms with Gasteiger partial charge in [0.05, 0.1) is 0 Å². The molecule has 0 radical (unpaired) electrons. The van der Waals surface area contributed by atoms with Crippen LogP contribution in [0.3, 0.4) is 0 Å². The van der Waals surface area contributed by atoms with Crippen LogP contribution in [0, 0.1) is 5.82 Å². The molecule has 0 saturated heterocycles. The number of rotatable bonds is 2. The number of nitrogens with two attached hydrogens (primary N) is 1. The maximum absolute atomic E-state index is 12.6. The summed E-state index contributed by atoms with van der Waals surface area (Å²) in [6, 6.07) is 5.90. The van der Waals surface area contributed by atoms with Crippen molar-refractivity contribution in [3.05, 3.63) is 41.7 Å². The van der Waals surface area contributed by atoms with Crippen LogP contribution in [0.15, 0.2) is 30.3 Å². The number of hydrogen-bond donors (Lipinski definition) is 2. The summed E-state index contributed by atoms with van der Waals surface area (Å²) in [6.45, 7) is 0. The van der Waals surface area contributed by atoms with Crippen LogP contribution in [0.25, 0.3) is 6.08 Å². The third-order valence-electron chi connectivity index (χ3n) is 1.42. The Morgan fingerprint density at radius 1 is 1.54 bits per heavy atom. The molecule has 1 rings (SSSR count). The van der Waals surface area contributed by atoms with E-state index in [2.05, 4.69) is 0 Å². The average Bonchev–Trinajstić information content (AvgIpc) is 2.14. The van der Waals surface area contributed by atoms with Gasteiger partial charge >= 0.3 is 0 Å². The van der Waals surface area contributed by atoms with Crippen molar-refractivity contribution in [1.29, 1.82) is 0 Å². The third-order valence-corrected chi connectivity index (χ3v) is 1.42. The maximum Gasteiger partial charge on any atom is 0.257 e. The van der Waals surface area contributed by atoms with Gasteiger partial charge in [-0.15, -0.1) is 0 Å². The first-order valence-corrected chi connectivity index (χ1v) is 3.66. The highest BCUT2D eigenvalue weighted by Crippen LogP contribution is 2.04. The molecule has 3 nitrogen and oxygen atoms in total. The molecule has 3 N–H and O–H groups in total. The Labute approximate surface area is 75.0 Å². The molecule has 13 heavy (non-hydrogen) atoms. The Bertz CT molecular complexity index is 336. The molecule has 0 aliphatic heterocycles. The monoisotopic (exact) mass is 180 g/mol. The van der Waals surface area contributed by atoms with Crippen LogP contribution >= 0.6 is 0 Å². The fraction of sp³-hybridized carbons (Fsp3) is 0. The summed E-state index contributed by atoms with van der Waals surface area (Å²) >= 11 is 0. The minimum atomic E-state index is -0.427. The van der Waals surface area contributed by atoms with Crippen molar-refractivity contribution in [2.45, 2.75) is 0 Å². The van der Waals surface area contributed by atoms with Gasteiger partial charge in [0, 0.05) is 6.08 Å². The molecular weight excluding hydrogens is 171 g/mol. The van der Waals surface area contributed by atoms with Crippen LogP contribution in [-0.4, -0.2) is 5.91 Å². The first kappa shape index (κ1) is 9.41. The van der Waals surface area contributed by atoms with Gasteiger partial charge in [0.15, 0.2) is 0 Å². The smallest absolute Gasteiger partial charge is 0.257 e. The number of hydrazine groups is 1. The van der Waals surface area contributed by atoms with Gasteiger partial charge in [0.1, 0.15) is 5.82 Å². The third kappa shape index (κ3) is 3.04. The lowest BCUT2D eigenvalue weighted by Crippen LogP contribution is -2.27. The molecule has 4 heteroatoms. The van der Waals surface area contributed by atoms with Crippen molar-refractivity contribution >= 4 is 12.0 Å². The molecule has 0 atom stereocenters. The topological polar surface area (TPSA) is 55.1 Å². The molecule has 1 amide bonds. The SMILES string of the molecule is NNC(=O)/C=C/c1cccc(F)c1. The summed E-state index contributed by atoms with van der Waals surface area (Å²) in [5.74, 6) is 4.08. The molecule has 1 aromatic rings. The van der Waals surface area contributed by atoms with Crippen LogP contribution < -0.4 is 11.3 Å². The Balaban J connectivity index is 2.74. The Hall–Kier alpha value is -1.68. The van der Waals surface area contributed by atoms with Gasteiger partial charge in [-0.1, -0.05) is 12.1 Å². The van der Waals surface area contributed by atoms with E-state index in [1.165, 1.54) is 24.3 Å². The van der Waals surface area contributed by atoms with E-state index < -0.39 is 5.91 Å². The van der Waals surface area contributed by atoms with Gasteiger partial charge in [-0.05, 0) is 23.8 Å². The van der Waals surface area contributed by atoms with Gasteiger partial charge < -0.3 is 0 Å². The molecule has 0 saturated carbocycles. The van der Waals surface area contributed by atoms with Crippen molar-refractivity contribution in [2.24, 2.45) is 5.84 Å². The van der Waals surface area contributed by atoms with Crippen LogP contribution in [0.1, 0.15) is 5.56 Å². The van der Waals surface area contributed by atoms with E-state index in [0.29, 0.717) is 5.56 Å². The van der Waals surface area contributed by atoms with Gasteiger partial charge in [0.25, 0.3) is 5.91 Å². The van der Waals surface area contributed by atoms with Crippen LogP contribution in [0.2, 0.25) is 0 Å². The van der Waals surface area contributed by atoms with E-state index in [1.807, 2.05) is 5.43 Å². The summed E-state index contributed by atoms with van der Waals surface area (Å²) in [6.07, 6.45) is 2.71. The predicted octanol–water partition coefficient (Wildman–Crippen LogP) is 0.829. The fourth-order valence-electron chi connectivity index (χ4n) is 0.830. The van der Waals surface area contributed by atoms with Crippen molar-refractivity contribution in [1.82, 2.24) is 5.43 Å². The first-order valence-electron chi connectivity index (χ1n) is 3.66. The van der Waals surface area contributed by atoms with Crippen molar-refractivity contribution in [2.75, 3.05) is 0 Å². The zero-order valence-corrected chi connectivity index (χ0v) is 6.83. The Morgan fingerprint density at radius 3 is 2.92 bits per heavy atom. The van der Waals surface area contributed by atoms with Crippen molar-refractivity contribution in [3.8, 4) is 0 Å². The summed E-state index contributed by atoms with van der Waals surface area (Å²) in [4.78, 5) is 10.7. The van der Waals surface area contributed by atoms with Crippen LogP contribution in [-0.2, 0) is 4.79 Å². The van der Waals surface area contributed by atoms with E-state index >= 15 is 0 Å². The second-order valence-electron chi connectivity index (χ2n) is 2.40. The van der Waals surface area contributed by atoms with E-state index in [1.54, 1.807) is 12.1 Å². The standard InChI is InChI=1S/C9H9FN2O/c10-8-3-1-2-7(6-8)4-5-9(13)12-11/h1-6H,11H2,(H,12,13)/b5-4+. The zero-order valence-electron chi connectivity index (χ0n) is 6.83. The zero-order chi connectivity index (χ0) is 9.68. The van der Waals surface area contributed by atoms with E-state index in [4.69, 9.17) is 5.84 Å². The number of carbonyl (C=O) groups excluding carboxylic acids is 1. The summed E-state index contributed by atoms with van der Waals surface area (Å²) in [7, 11) is 0. The Morgan fingerprint density at radius 2 is 2.31 bits per heavy atom. The molecular formula is C9H9FN2O. The Kier molecular flexibility index (Phi) is 3.16. The molecule has 0 bridgehead atoms. The lowest BCUT2D eigenvalue weighted by atomic mass is 10.2. The molecule has 0 heterocycles. The highest BCUT2D eigenvalue weighted by molar-refractivity contribution is 5.91. The van der Waals surface area contributed by atoms with Crippen molar-refractivity contribution in [3.63, 3.8) is 0 Å². The highest BCUT2D eigenvalue weighted by atomic mass is 19.1. The first-order chi connectivity index (χ1) is 6.22. The number of benzene rings is 1. The second kappa shape index (κ2) is 4.37.